The number of nitrogens with one attached hydrogen (secondary N) is 1. The van der Waals surface area contributed by atoms with Crippen LogP contribution in [0.15, 0.2) is 22.9 Å². The number of halogens is 2. The molecule has 0 saturated carbocycles. The van der Waals surface area contributed by atoms with Gasteiger partial charge in [0.2, 0.25) is 0 Å². The molecule has 1 unspecified atom stereocenters. The zero-order valence-corrected chi connectivity index (χ0v) is 13.2. The van der Waals surface area contributed by atoms with E-state index in [1.165, 1.54) is 0 Å². The molecule has 1 rings (SSSR count). The van der Waals surface area contributed by atoms with E-state index in [9.17, 15) is 4.79 Å². The number of carbonyl (C=O) groups excluding carboxylic acids is 1. The average molecular weight is 334 g/mol. The Bertz CT molecular complexity index is 418. The third-order valence-corrected chi connectivity index (χ3v) is 3.37. The Morgan fingerprint density at radius 3 is 2.67 bits per heavy atom. The largest absolute Gasteiger partial charge is 0.349 e. The van der Waals surface area contributed by atoms with Crippen molar-refractivity contribution >= 4 is 33.4 Å². The Labute approximate surface area is 121 Å². The van der Waals surface area contributed by atoms with E-state index in [1.807, 2.05) is 0 Å². The Kier molecular flexibility index (Phi) is 5.60. The minimum Gasteiger partial charge on any atom is -0.349 e. The van der Waals surface area contributed by atoms with E-state index in [4.69, 9.17) is 11.6 Å². The van der Waals surface area contributed by atoms with Crippen LogP contribution in [0.4, 0.5) is 0 Å². The van der Waals surface area contributed by atoms with Crippen LogP contribution in [-0.2, 0) is 0 Å². The molecule has 0 bridgehead atoms. The van der Waals surface area contributed by atoms with Crippen LogP contribution >= 0.6 is 27.5 Å². The topological polar surface area (TPSA) is 42.0 Å². The maximum atomic E-state index is 12.1. The van der Waals surface area contributed by atoms with Crippen molar-refractivity contribution in [1.29, 1.82) is 0 Å². The van der Waals surface area contributed by atoms with E-state index < -0.39 is 0 Å². The molecule has 0 aliphatic heterocycles. The monoisotopic (exact) mass is 332 g/mol. The lowest BCUT2D eigenvalue weighted by molar-refractivity contribution is 0.0900. The lowest BCUT2D eigenvalue weighted by Crippen LogP contribution is -2.44. The first kappa shape index (κ1) is 15.4. The molecular formula is C13H18BrClN2O. The lowest BCUT2D eigenvalue weighted by Gasteiger charge is -2.31. The molecule has 1 aromatic rings. The molecule has 18 heavy (non-hydrogen) atoms. The molecule has 0 spiro atoms. The van der Waals surface area contributed by atoms with Gasteiger partial charge in [-0.15, -0.1) is 11.6 Å². The van der Waals surface area contributed by atoms with Gasteiger partial charge in [-0.2, -0.15) is 0 Å². The molecule has 1 aromatic heterocycles. The minimum absolute atomic E-state index is 0.0238. The minimum atomic E-state index is -0.117. The van der Waals surface area contributed by atoms with Crippen molar-refractivity contribution in [3.63, 3.8) is 0 Å². The summed E-state index contributed by atoms with van der Waals surface area (Å²) >= 11 is 9.09. The Hall–Kier alpha value is -0.610. The smallest absolute Gasteiger partial charge is 0.253 e. The van der Waals surface area contributed by atoms with Gasteiger partial charge in [-0.3, -0.25) is 9.78 Å². The highest BCUT2D eigenvalue weighted by atomic mass is 79.9. The number of rotatable bonds is 4. The van der Waals surface area contributed by atoms with Gasteiger partial charge in [-0.05, 0) is 33.8 Å². The quantitative estimate of drug-likeness (QED) is 0.855. The maximum Gasteiger partial charge on any atom is 0.253 e. The Balaban J connectivity index is 2.79. The van der Waals surface area contributed by atoms with Gasteiger partial charge >= 0.3 is 0 Å². The summed E-state index contributed by atoms with van der Waals surface area (Å²) in [7, 11) is 0. The van der Waals surface area contributed by atoms with Gasteiger partial charge < -0.3 is 5.32 Å². The van der Waals surface area contributed by atoms with Crippen LogP contribution in [0, 0.1) is 5.41 Å². The number of carbonyl (C=O) groups is 1. The maximum absolute atomic E-state index is 12.1. The van der Waals surface area contributed by atoms with Crippen molar-refractivity contribution in [2.75, 3.05) is 5.88 Å². The molecule has 0 saturated heterocycles. The number of pyridine rings is 1. The number of alkyl halides is 1. The predicted molar refractivity (Wildman–Crippen MR) is 78.0 cm³/mol. The van der Waals surface area contributed by atoms with Crippen LogP contribution in [-0.4, -0.2) is 22.8 Å². The summed E-state index contributed by atoms with van der Waals surface area (Å²) in [6.07, 6.45) is 3.95. The number of hydrogen-bond donors (Lipinski definition) is 1. The van der Waals surface area contributed by atoms with Crippen LogP contribution in [0.1, 0.15) is 37.6 Å². The zero-order valence-electron chi connectivity index (χ0n) is 10.8. The van der Waals surface area contributed by atoms with Crippen molar-refractivity contribution in [3.05, 3.63) is 28.5 Å². The van der Waals surface area contributed by atoms with Gasteiger partial charge in [0.1, 0.15) is 0 Å². The molecule has 0 aliphatic carbocycles. The Morgan fingerprint density at radius 2 is 2.17 bits per heavy atom. The molecule has 1 amide bonds. The SMILES string of the molecule is CC(C)(C)C(CCCl)NC(=O)c1cncc(Br)c1. The second-order valence-electron chi connectivity index (χ2n) is 5.26. The van der Waals surface area contributed by atoms with Gasteiger partial charge in [0.05, 0.1) is 5.56 Å². The zero-order chi connectivity index (χ0) is 13.8. The van der Waals surface area contributed by atoms with Crippen LogP contribution in [0.3, 0.4) is 0 Å². The third kappa shape index (κ3) is 4.58. The van der Waals surface area contributed by atoms with E-state index in [-0.39, 0.29) is 17.4 Å². The number of nitrogens with zero attached hydrogens (tertiary/aromatic N) is 1. The first-order valence-corrected chi connectivity index (χ1v) is 7.14. The van der Waals surface area contributed by atoms with Crippen molar-refractivity contribution < 1.29 is 4.79 Å². The van der Waals surface area contributed by atoms with Crippen LogP contribution in [0.25, 0.3) is 0 Å². The normalized spacial score (nSPS) is 13.2. The second kappa shape index (κ2) is 6.53. The molecule has 0 radical (unpaired) electrons. The van der Waals surface area contributed by atoms with Gasteiger partial charge in [0.15, 0.2) is 0 Å². The molecule has 100 valence electrons. The standard InChI is InChI=1S/C13H18BrClN2O/c1-13(2,3)11(4-5-15)17-12(18)9-6-10(14)8-16-7-9/h6-8,11H,4-5H2,1-3H3,(H,17,18). The van der Waals surface area contributed by atoms with Crippen molar-refractivity contribution in [2.24, 2.45) is 5.41 Å². The van der Waals surface area contributed by atoms with E-state index in [1.54, 1.807) is 18.5 Å². The summed E-state index contributed by atoms with van der Waals surface area (Å²) in [4.78, 5) is 16.1. The highest BCUT2D eigenvalue weighted by Crippen LogP contribution is 2.22. The van der Waals surface area contributed by atoms with Crippen molar-refractivity contribution in [2.45, 2.75) is 33.2 Å². The summed E-state index contributed by atoms with van der Waals surface area (Å²) in [5.41, 5.74) is 0.525. The molecule has 1 heterocycles. The van der Waals surface area contributed by atoms with Crippen LogP contribution in [0.5, 0.6) is 0 Å². The number of amides is 1. The summed E-state index contributed by atoms with van der Waals surface area (Å²) in [6, 6.07) is 1.80. The predicted octanol–water partition coefficient (Wildman–Crippen LogP) is 3.62. The van der Waals surface area contributed by atoms with E-state index in [0.717, 1.165) is 10.9 Å². The Morgan fingerprint density at radius 1 is 1.50 bits per heavy atom. The van der Waals surface area contributed by atoms with Gasteiger partial charge in [-0.25, -0.2) is 0 Å². The highest BCUT2D eigenvalue weighted by molar-refractivity contribution is 9.10. The fourth-order valence-electron chi connectivity index (χ4n) is 1.61. The highest BCUT2D eigenvalue weighted by Gasteiger charge is 2.26. The molecule has 0 fully saturated rings. The van der Waals surface area contributed by atoms with E-state index >= 15 is 0 Å². The summed E-state index contributed by atoms with van der Waals surface area (Å²) in [5.74, 6) is 0.410. The molecule has 1 N–H and O–H groups in total. The van der Waals surface area contributed by atoms with E-state index in [2.05, 4.69) is 47.0 Å². The van der Waals surface area contributed by atoms with Crippen molar-refractivity contribution in [3.8, 4) is 0 Å². The molecular weight excluding hydrogens is 316 g/mol. The first-order valence-electron chi connectivity index (χ1n) is 5.82. The molecule has 0 aliphatic rings. The molecule has 1 atom stereocenters. The fraction of sp³-hybridized carbons (Fsp3) is 0.538. The number of aromatic nitrogens is 1. The van der Waals surface area contributed by atoms with Crippen LogP contribution in [0.2, 0.25) is 0 Å². The number of hydrogen-bond acceptors (Lipinski definition) is 2. The molecule has 5 heteroatoms. The first-order chi connectivity index (χ1) is 8.34. The summed E-state index contributed by atoms with van der Waals surface area (Å²) in [6.45, 7) is 6.26. The molecule has 3 nitrogen and oxygen atoms in total. The van der Waals surface area contributed by atoms with Gasteiger partial charge in [0.25, 0.3) is 5.91 Å². The van der Waals surface area contributed by atoms with Gasteiger partial charge in [0, 0.05) is 28.8 Å². The summed E-state index contributed by atoms with van der Waals surface area (Å²) < 4.78 is 0.791. The lowest BCUT2D eigenvalue weighted by atomic mass is 9.85. The van der Waals surface area contributed by atoms with Crippen LogP contribution < -0.4 is 5.32 Å². The molecule has 0 aromatic carbocycles. The fourth-order valence-corrected chi connectivity index (χ4v) is 2.19. The summed E-state index contributed by atoms with van der Waals surface area (Å²) in [5, 5.41) is 3.02. The van der Waals surface area contributed by atoms with Gasteiger partial charge in [-0.1, -0.05) is 20.8 Å². The third-order valence-electron chi connectivity index (χ3n) is 2.72. The van der Waals surface area contributed by atoms with Crippen molar-refractivity contribution in [1.82, 2.24) is 10.3 Å². The average Bonchev–Trinajstić information content (AvgIpc) is 2.27. The van der Waals surface area contributed by atoms with E-state index in [0.29, 0.717) is 11.4 Å². The second-order valence-corrected chi connectivity index (χ2v) is 6.56.